The van der Waals surface area contributed by atoms with Crippen LogP contribution >= 0.6 is 11.6 Å². The van der Waals surface area contributed by atoms with E-state index in [1.807, 2.05) is 0 Å². The van der Waals surface area contributed by atoms with Gasteiger partial charge in [0.25, 0.3) is 0 Å². The summed E-state index contributed by atoms with van der Waals surface area (Å²) in [5, 5.41) is 10.3. The fraction of sp³-hybridized carbons (Fsp3) is 0.125. The number of nitrogens with zero attached hydrogens (tertiary/aromatic N) is 1. The lowest BCUT2D eigenvalue weighted by atomic mass is 10.1. The number of aromatic hydroxyl groups is 1. The van der Waals surface area contributed by atoms with Crippen LogP contribution in [-0.2, 0) is 12.7 Å². The molecule has 3 rings (SSSR count). The van der Waals surface area contributed by atoms with Gasteiger partial charge in [0.05, 0.1) is 17.5 Å². The summed E-state index contributed by atoms with van der Waals surface area (Å²) in [6.07, 6.45) is -3.47. The first-order valence-corrected chi connectivity index (χ1v) is 6.96. The largest absolute Gasteiger partial charge is 0.494 e. The number of halogens is 5. The van der Waals surface area contributed by atoms with E-state index in [1.54, 1.807) is 24.3 Å². The van der Waals surface area contributed by atoms with E-state index in [1.165, 1.54) is 10.8 Å². The predicted molar refractivity (Wildman–Crippen MR) is 79.1 cm³/mol. The molecule has 3 aromatic rings. The Labute approximate surface area is 133 Å². The average molecular weight is 344 g/mol. The third-order valence-electron chi connectivity index (χ3n) is 3.50. The highest BCUT2D eigenvalue weighted by Gasteiger charge is 2.35. The Morgan fingerprint density at radius 2 is 1.74 bits per heavy atom. The molecule has 0 bridgehead atoms. The molecule has 120 valence electrons. The van der Waals surface area contributed by atoms with E-state index in [0.717, 1.165) is 11.6 Å². The van der Waals surface area contributed by atoms with Crippen LogP contribution in [0.15, 0.2) is 42.6 Å². The molecule has 1 heterocycles. The molecule has 2 aromatic carbocycles. The van der Waals surface area contributed by atoms with Crippen LogP contribution < -0.4 is 0 Å². The van der Waals surface area contributed by atoms with E-state index < -0.39 is 28.8 Å². The number of aromatic nitrogens is 1. The molecule has 0 spiro atoms. The van der Waals surface area contributed by atoms with Crippen LogP contribution in [0.4, 0.5) is 17.6 Å². The highest BCUT2D eigenvalue weighted by atomic mass is 35.5. The zero-order valence-electron chi connectivity index (χ0n) is 11.5. The van der Waals surface area contributed by atoms with Crippen molar-refractivity contribution in [3.05, 3.63) is 64.6 Å². The van der Waals surface area contributed by atoms with Gasteiger partial charge in [-0.05, 0) is 29.8 Å². The molecule has 2 nitrogen and oxygen atoms in total. The molecule has 23 heavy (non-hydrogen) atoms. The molecule has 7 heteroatoms. The quantitative estimate of drug-likeness (QED) is 0.635. The summed E-state index contributed by atoms with van der Waals surface area (Å²) in [6.45, 7) is 0.136. The summed E-state index contributed by atoms with van der Waals surface area (Å²) in [5.41, 5.74) is -0.459. The zero-order chi connectivity index (χ0) is 16.8. The summed E-state index contributed by atoms with van der Waals surface area (Å²) in [6, 6.07) is 8.00. The van der Waals surface area contributed by atoms with Crippen molar-refractivity contribution in [3.63, 3.8) is 0 Å². The van der Waals surface area contributed by atoms with Gasteiger partial charge in [0.2, 0.25) is 0 Å². The Morgan fingerprint density at radius 3 is 2.35 bits per heavy atom. The molecule has 1 N–H and O–H groups in total. The molecule has 0 saturated heterocycles. The molecule has 0 radical (unpaired) electrons. The number of benzene rings is 2. The van der Waals surface area contributed by atoms with Gasteiger partial charge in [-0.25, -0.2) is 4.39 Å². The van der Waals surface area contributed by atoms with Gasteiger partial charge in [-0.1, -0.05) is 23.7 Å². The van der Waals surface area contributed by atoms with Crippen LogP contribution in [0.1, 0.15) is 11.1 Å². The first kappa shape index (κ1) is 15.7. The normalized spacial score (nSPS) is 12.0. The topological polar surface area (TPSA) is 25.2 Å². The van der Waals surface area contributed by atoms with Gasteiger partial charge in [0.15, 0.2) is 5.88 Å². The fourth-order valence-corrected chi connectivity index (χ4v) is 2.61. The lowest BCUT2D eigenvalue weighted by Gasteiger charge is -2.09. The van der Waals surface area contributed by atoms with Gasteiger partial charge in [0.1, 0.15) is 5.82 Å². The van der Waals surface area contributed by atoms with Crippen LogP contribution in [0.5, 0.6) is 5.88 Å². The van der Waals surface area contributed by atoms with E-state index in [0.29, 0.717) is 11.1 Å². The zero-order valence-corrected chi connectivity index (χ0v) is 12.3. The number of alkyl halides is 3. The lowest BCUT2D eigenvalue weighted by Crippen LogP contribution is -2.06. The van der Waals surface area contributed by atoms with Crippen LogP contribution in [0.3, 0.4) is 0 Å². The van der Waals surface area contributed by atoms with Crippen LogP contribution in [0.25, 0.3) is 10.8 Å². The van der Waals surface area contributed by atoms with E-state index in [-0.39, 0.29) is 11.9 Å². The molecule has 0 aliphatic carbocycles. The van der Waals surface area contributed by atoms with E-state index in [9.17, 15) is 22.7 Å². The van der Waals surface area contributed by atoms with Gasteiger partial charge in [-0.3, -0.25) is 0 Å². The number of fused-ring (bicyclic) bond motifs is 1. The Morgan fingerprint density at radius 1 is 1.09 bits per heavy atom. The second-order valence-electron chi connectivity index (χ2n) is 5.12. The first-order valence-electron chi connectivity index (χ1n) is 6.58. The number of rotatable bonds is 2. The highest BCUT2D eigenvalue weighted by Crippen LogP contribution is 2.40. The molecule has 1 aromatic heterocycles. The average Bonchev–Trinajstić information content (AvgIpc) is 2.76. The van der Waals surface area contributed by atoms with Crippen molar-refractivity contribution in [2.75, 3.05) is 0 Å². The van der Waals surface area contributed by atoms with Crippen LogP contribution in [0, 0.1) is 5.82 Å². The molecule has 0 aliphatic rings. The van der Waals surface area contributed by atoms with E-state index in [2.05, 4.69) is 0 Å². The van der Waals surface area contributed by atoms with E-state index in [4.69, 9.17) is 11.6 Å². The highest BCUT2D eigenvalue weighted by molar-refractivity contribution is 6.30. The van der Waals surface area contributed by atoms with Crippen LogP contribution in [0.2, 0.25) is 5.02 Å². The molecular formula is C16H10ClF4NO. The fourth-order valence-electron chi connectivity index (χ4n) is 2.48. The number of hydrogen-bond acceptors (Lipinski definition) is 1. The van der Waals surface area contributed by atoms with E-state index >= 15 is 0 Å². The standard InChI is InChI=1S/C16H10ClF4NO/c17-11-3-1-9(2-4-11)7-22-8-10-5-12(18)6-13(16(19,20)21)14(10)15(22)23/h1-6,8,23H,7H2. The maximum absolute atomic E-state index is 13.4. The second-order valence-corrected chi connectivity index (χ2v) is 5.56. The molecule has 0 saturated carbocycles. The Kier molecular flexibility index (Phi) is 3.72. The Balaban J connectivity index is 2.13. The molecule has 0 unspecified atom stereocenters. The molecule has 0 aliphatic heterocycles. The predicted octanol–water partition coefficient (Wildman–Crippen LogP) is 5.21. The minimum atomic E-state index is -4.76. The molecule has 0 fully saturated rings. The van der Waals surface area contributed by atoms with Gasteiger partial charge < -0.3 is 9.67 Å². The maximum atomic E-state index is 13.4. The summed E-state index contributed by atoms with van der Waals surface area (Å²) in [7, 11) is 0. The summed E-state index contributed by atoms with van der Waals surface area (Å²) >= 11 is 5.78. The minimum Gasteiger partial charge on any atom is -0.494 e. The summed E-state index contributed by atoms with van der Waals surface area (Å²) in [5.74, 6) is -1.56. The van der Waals surface area contributed by atoms with Crippen molar-refractivity contribution in [2.45, 2.75) is 12.7 Å². The van der Waals surface area contributed by atoms with Crippen molar-refractivity contribution in [1.29, 1.82) is 0 Å². The second kappa shape index (κ2) is 5.45. The van der Waals surface area contributed by atoms with Gasteiger partial charge in [-0.15, -0.1) is 0 Å². The molecular weight excluding hydrogens is 334 g/mol. The van der Waals surface area contributed by atoms with Crippen molar-refractivity contribution in [1.82, 2.24) is 4.57 Å². The Bertz CT molecular complexity index is 868. The third-order valence-corrected chi connectivity index (χ3v) is 3.75. The lowest BCUT2D eigenvalue weighted by molar-refractivity contribution is -0.136. The SMILES string of the molecule is Oc1c2c(C(F)(F)F)cc(F)cc2cn1Cc1ccc(Cl)cc1. The van der Waals surface area contributed by atoms with Crippen molar-refractivity contribution in [2.24, 2.45) is 0 Å². The smallest absolute Gasteiger partial charge is 0.417 e. The monoisotopic (exact) mass is 343 g/mol. The minimum absolute atomic E-state index is 0.0104. The molecule has 0 amide bonds. The van der Waals surface area contributed by atoms with Crippen molar-refractivity contribution >= 4 is 22.4 Å². The van der Waals surface area contributed by atoms with Gasteiger partial charge >= 0.3 is 6.18 Å². The van der Waals surface area contributed by atoms with Crippen molar-refractivity contribution < 1.29 is 22.7 Å². The van der Waals surface area contributed by atoms with Crippen molar-refractivity contribution in [3.8, 4) is 5.88 Å². The summed E-state index contributed by atoms with van der Waals surface area (Å²) < 4.78 is 53.8. The third kappa shape index (κ3) is 2.99. The maximum Gasteiger partial charge on any atom is 0.417 e. The van der Waals surface area contributed by atoms with Gasteiger partial charge in [0, 0.05) is 16.6 Å². The molecule has 0 atom stereocenters. The first-order chi connectivity index (χ1) is 10.8. The number of hydrogen-bond donors (Lipinski definition) is 1. The van der Waals surface area contributed by atoms with Gasteiger partial charge in [-0.2, -0.15) is 13.2 Å². The summed E-state index contributed by atoms with van der Waals surface area (Å²) in [4.78, 5) is 0. The van der Waals surface area contributed by atoms with Crippen LogP contribution in [-0.4, -0.2) is 9.67 Å². The Hall–Kier alpha value is -2.21.